The van der Waals surface area contributed by atoms with E-state index in [9.17, 15) is 9.59 Å². The van der Waals surface area contributed by atoms with Crippen LogP contribution >= 0.6 is 35.0 Å². The van der Waals surface area contributed by atoms with Crippen LogP contribution in [0.25, 0.3) is 0 Å². The van der Waals surface area contributed by atoms with E-state index in [1.54, 1.807) is 24.1 Å². The van der Waals surface area contributed by atoms with E-state index in [4.69, 9.17) is 27.9 Å². The van der Waals surface area contributed by atoms with Crippen molar-refractivity contribution in [2.75, 3.05) is 19.4 Å². The summed E-state index contributed by atoms with van der Waals surface area (Å²) in [5.41, 5.74) is 2.89. The maximum Gasteiger partial charge on any atom is 0.243 e. The molecule has 3 aromatic rings. The first kappa shape index (κ1) is 29.9. The average molecular weight is 574 g/mol. The van der Waals surface area contributed by atoms with Gasteiger partial charge in [-0.25, -0.2) is 0 Å². The Hall–Kier alpha value is -2.67. The molecule has 1 N–H and O–H groups in total. The van der Waals surface area contributed by atoms with E-state index in [0.717, 1.165) is 35.3 Å². The molecule has 38 heavy (non-hydrogen) atoms. The molecule has 1 atom stereocenters. The zero-order valence-corrected chi connectivity index (χ0v) is 24.1. The molecule has 0 bridgehead atoms. The number of carbonyl (C=O) groups excluding carboxylic acids is 2. The van der Waals surface area contributed by atoms with Crippen LogP contribution in [0.1, 0.15) is 36.5 Å². The highest BCUT2D eigenvalue weighted by Crippen LogP contribution is 2.25. The lowest BCUT2D eigenvalue weighted by Crippen LogP contribution is -2.51. The third-order valence-electron chi connectivity index (χ3n) is 6.09. The number of nitrogens with one attached hydrogen (secondary N) is 1. The van der Waals surface area contributed by atoms with Gasteiger partial charge in [-0.1, -0.05) is 85.1 Å². The Morgan fingerprint density at radius 2 is 1.66 bits per heavy atom. The lowest BCUT2D eigenvalue weighted by Gasteiger charge is -2.31. The van der Waals surface area contributed by atoms with Gasteiger partial charge < -0.3 is 15.0 Å². The van der Waals surface area contributed by atoms with Crippen molar-refractivity contribution in [3.8, 4) is 5.75 Å². The van der Waals surface area contributed by atoms with Crippen molar-refractivity contribution in [1.82, 2.24) is 10.2 Å². The van der Waals surface area contributed by atoms with E-state index in [1.165, 1.54) is 11.8 Å². The van der Waals surface area contributed by atoms with Crippen molar-refractivity contribution >= 4 is 46.8 Å². The standard InChI is InChI=1S/C30H34Cl2N2O3S/c1-3-4-16-33-30(36)28(18-22-8-6-5-7-9-22)34(19-24-12-15-26(31)27(32)17-24)29(35)21-38-20-23-10-13-25(37-2)14-11-23/h5-15,17,28H,3-4,16,18-21H2,1-2H3,(H,33,36)/t28-/m1/s1. The quantitative estimate of drug-likeness (QED) is 0.216. The van der Waals surface area contributed by atoms with Gasteiger partial charge in [-0.2, -0.15) is 0 Å². The summed E-state index contributed by atoms with van der Waals surface area (Å²) in [6.07, 6.45) is 2.26. The number of unbranched alkanes of at least 4 members (excludes halogenated alkanes) is 1. The van der Waals surface area contributed by atoms with E-state index >= 15 is 0 Å². The van der Waals surface area contributed by atoms with Crippen LogP contribution in [-0.2, 0) is 28.3 Å². The van der Waals surface area contributed by atoms with Gasteiger partial charge in [0.1, 0.15) is 11.8 Å². The molecule has 0 fully saturated rings. The zero-order chi connectivity index (χ0) is 27.3. The summed E-state index contributed by atoms with van der Waals surface area (Å²) in [5.74, 6) is 1.43. The Morgan fingerprint density at radius 3 is 2.32 bits per heavy atom. The summed E-state index contributed by atoms with van der Waals surface area (Å²) in [6, 6.07) is 22.2. The fraction of sp³-hybridized carbons (Fsp3) is 0.333. The number of nitrogens with zero attached hydrogens (tertiary/aromatic N) is 1. The first-order valence-electron chi connectivity index (χ1n) is 12.7. The number of amides is 2. The lowest BCUT2D eigenvalue weighted by atomic mass is 10.0. The van der Waals surface area contributed by atoms with Gasteiger partial charge >= 0.3 is 0 Å². The predicted octanol–water partition coefficient (Wildman–Crippen LogP) is 6.79. The van der Waals surface area contributed by atoms with E-state index < -0.39 is 6.04 Å². The molecule has 0 aliphatic rings. The Morgan fingerprint density at radius 1 is 0.947 bits per heavy atom. The molecule has 0 saturated carbocycles. The minimum Gasteiger partial charge on any atom is -0.497 e. The number of halogens is 2. The maximum absolute atomic E-state index is 13.7. The zero-order valence-electron chi connectivity index (χ0n) is 21.8. The third-order valence-corrected chi connectivity index (χ3v) is 7.82. The van der Waals surface area contributed by atoms with Crippen LogP contribution in [0.15, 0.2) is 72.8 Å². The normalized spacial score (nSPS) is 11.6. The van der Waals surface area contributed by atoms with Crippen LogP contribution in [0, 0.1) is 0 Å². The summed E-state index contributed by atoms with van der Waals surface area (Å²) < 4.78 is 5.23. The molecule has 0 radical (unpaired) electrons. The second kappa shape index (κ2) is 15.7. The number of thioether (sulfide) groups is 1. The Kier molecular flexibility index (Phi) is 12.3. The van der Waals surface area contributed by atoms with Crippen LogP contribution in [-0.4, -0.2) is 42.2 Å². The molecule has 8 heteroatoms. The van der Waals surface area contributed by atoms with Gasteiger partial charge in [0, 0.05) is 25.3 Å². The van der Waals surface area contributed by atoms with Crippen LogP contribution in [0.5, 0.6) is 5.75 Å². The molecule has 5 nitrogen and oxygen atoms in total. The Bertz CT molecular complexity index is 1180. The van der Waals surface area contributed by atoms with Gasteiger partial charge in [-0.15, -0.1) is 11.8 Å². The molecule has 0 heterocycles. The topological polar surface area (TPSA) is 58.6 Å². The molecular formula is C30H34Cl2N2O3S. The third kappa shape index (κ3) is 9.26. The van der Waals surface area contributed by atoms with Gasteiger partial charge in [0.15, 0.2) is 0 Å². The van der Waals surface area contributed by atoms with Crippen LogP contribution in [0.3, 0.4) is 0 Å². The molecule has 0 spiro atoms. The highest BCUT2D eigenvalue weighted by molar-refractivity contribution is 7.99. The van der Waals surface area contributed by atoms with Gasteiger partial charge in [-0.05, 0) is 47.4 Å². The maximum atomic E-state index is 13.7. The second-order valence-electron chi connectivity index (χ2n) is 8.96. The molecule has 3 rings (SSSR count). The van der Waals surface area contributed by atoms with Crippen molar-refractivity contribution in [3.63, 3.8) is 0 Å². The van der Waals surface area contributed by atoms with Crippen LogP contribution in [0.2, 0.25) is 10.0 Å². The van der Waals surface area contributed by atoms with Crippen molar-refractivity contribution in [2.45, 2.75) is 44.5 Å². The van der Waals surface area contributed by atoms with Gasteiger partial charge in [0.05, 0.1) is 22.9 Å². The molecule has 202 valence electrons. The number of rotatable bonds is 14. The number of hydrogen-bond donors (Lipinski definition) is 1. The molecule has 0 saturated heterocycles. The molecule has 2 amide bonds. The lowest BCUT2D eigenvalue weighted by molar-refractivity contribution is -0.139. The van der Waals surface area contributed by atoms with Crippen molar-refractivity contribution in [3.05, 3.63) is 99.5 Å². The van der Waals surface area contributed by atoms with Crippen molar-refractivity contribution in [1.29, 1.82) is 0 Å². The smallest absolute Gasteiger partial charge is 0.243 e. The largest absolute Gasteiger partial charge is 0.497 e. The molecule has 3 aromatic carbocycles. The van der Waals surface area contributed by atoms with Crippen molar-refractivity contribution < 1.29 is 14.3 Å². The summed E-state index contributed by atoms with van der Waals surface area (Å²) in [7, 11) is 1.63. The number of ether oxygens (including phenoxy) is 1. The van der Waals surface area contributed by atoms with Crippen LogP contribution < -0.4 is 10.1 Å². The average Bonchev–Trinajstić information content (AvgIpc) is 2.93. The minimum absolute atomic E-state index is 0.110. The van der Waals surface area contributed by atoms with E-state index in [2.05, 4.69) is 12.2 Å². The number of methoxy groups -OCH3 is 1. The fourth-order valence-corrected chi connectivity index (χ4v) is 5.15. The predicted molar refractivity (Wildman–Crippen MR) is 158 cm³/mol. The van der Waals surface area contributed by atoms with Crippen molar-refractivity contribution in [2.24, 2.45) is 0 Å². The second-order valence-corrected chi connectivity index (χ2v) is 10.8. The summed E-state index contributed by atoms with van der Waals surface area (Å²) in [6.45, 7) is 2.90. The molecular weight excluding hydrogens is 539 g/mol. The summed E-state index contributed by atoms with van der Waals surface area (Å²) in [5, 5.41) is 3.90. The van der Waals surface area contributed by atoms with Crippen LogP contribution in [0.4, 0.5) is 0 Å². The highest BCUT2D eigenvalue weighted by Gasteiger charge is 2.30. The van der Waals surface area contributed by atoms with Gasteiger partial charge in [-0.3, -0.25) is 9.59 Å². The molecule has 0 aliphatic heterocycles. The van der Waals surface area contributed by atoms with Gasteiger partial charge in [0.25, 0.3) is 0 Å². The summed E-state index contributed by atoms with van der Waals surface area (Å²) >= 11 is 13.9. The Balaban J connectivity index is 1.83. The van der Waals surface area contributed by atoms with E-state index in [1.807, 2.05) is 60.7 Å². The Labute approximate surface area is 239 Å². The molecule has 0 unspecified atom stereocenters. The molecule has 0 aliphatic carbocycles. The highest BCUT2D eigenvalue weighted by atomic mass is 35.5. The van der Waals surface area contributed by atoms with E-state index in [-0.39, 0.29) is 24.1 Å². The number of hydrogen-bond acceptors (Lipinski definition) is 4. The van der Waals surface area contributed by atoms with Gasteiger partial charge in [0.2, 0.25) is 11.8 Å². The fourth-order valence-electron chi connectivity index (χ4n) is 3.96. The number of benzene rings is 3. The molecule has 0 aromatic heterocycles. The monoisotopic (exact) mass is 572 g/mol. The minimum atomic E-state index is -0.669. The first-order chi connectivity index (χ1) is 18.4. The number of carbonyl (C=O) groups is 2. The summed E-state index contributed by atoms with van der Waals surface area (Å²) in [4.78, 5) is 28.8. The SMILES string of the molecule is CCCCNC(=O)[C@@H](Cc1ccccc1)N(Cc1ccc(Cl)c(Cl)c1)C(=O)CSCc1ccc(OC)cc1. The first-order valence-corrected chi connectivity index (χ1v) is 14.6. The van der Waals surface area contributed by atoms with E-state index in [0.29, 0.717) is 28.8 Å².